The molecule has 1 heterocycles. The molecule has 0 saturated carbocycles. The molecule has 4 heteroatoms. The Labute approximate surface area is 148 Å². The molecule has 0 fully saturated rings. The number of aromatic nitrogens is 1. The Morgan fingerprint density at radius 2 is 1.32 bits per heavy atom. The van der Waals surface area contributed by atoms with Gasteiger partial charge in [0.05, 0.1) is 32.7 Å². The van der Waals surface area contributed by atoms with E-state index in [1.165, 1.54) is 0 Å². The zero-order chi connectivity index (χ0) is 17.6. The second kappa shape index (κ2) is 7.71. The molecule has 128 valence electrons. The Morgan fingerprint density at radius 3 is 1.84 bits per heavy atom. The summed E-state index contributed by atoms with van der Waals surface area (Å²) in [7, 11) is 3.32. The summed E-state index contributed by atoms with van der Waals surface area (Å²) in [5.74, 6) is 2.40. The first-order valence-corrected chi connectivity index (χ1v) is 8.17. The summed E-state index contributed by atoms with van der Waals surface area (Å²) in [4.78, 5) is 4.64. The van der Waals surface area contributed by atoms with E-state index in [1.54, 1.807) is 20.4 Å². The second-order valence-electron chi connectivity index (χ2n) is 5.46. The fraction of sp³-hybridized carbons (Fsp3) is 0.190. The highest BCUT2D eigenvalue weighted by Gasteiger charge is 2.11. The minimum Gasteiger partial charge on any atom is -0.497 e. The van der Waals surface area contributed by atoms with E-state index in [0.717, 1.165) is 39.6 Å². The van der Waals surface area contributed by atoms with Crippen LogP contribution in [-0.2, 0) is 0 Å². The van der Waals surface area contributed by atoms with Gasteiger partial charge < -0.3 is 14.2 Å². The summed E-state index contributed by atoms with van der Waals surface area (Å²) in [5, 5.41) is 0. The van der Waals surface area contributed by atoms with Crippen LogP contribution < -0.4 is 14.2 Å². The number of hydrogen-bond donors (Lipinski definition) is 0. The Morgan fingerprint density at radius 1 is 0.760 bits per heavy atom. The van der Waals surface area contributed by atoms with E-state index < -0.39 is 0 Å². The standard InChI is InChI=1S/C21H21NO3/c1-4-25-19-13-20(15-5-9-17(23-2)10-6-15)21(22-14-19)16-7-11-18(24-3)12-8-16/h5-14H,4H2,1-3H3. The maximum atomic E-state index is 5.63. The number of ether oxygens (including phenoxy) is 3. The summed E-state index contributed by atoms with van der Waals surface area (Å²) >= 11 is 0. The molecule has 25 heavy (non-hydrogen) atoms. The van der Waals surface area contributed by atoms with E-state index in [-0.39, 0.29) is 0 Å². The highest BCUT2D eigenvalue weighted by molar-refractivity contribution is 5.81. The predicted octanol–water partition coefficient (Wildman–Crippen LogP) is 4.83. The van der Waals surface area contributed by atoms with Crippen molar-refractivity contribution >= 4 is 0 Å². The van der Waals surface area contributed by atoms with E-state index >= 15 is 0 Å². The minimum atomic E-state index is 0.603. The van der Waals surface area contributed by atoms with Crippen LogP contribution in [0.3, 0.4) is 0 Å². The Balaban J connectivity index is 2.09. The molecule has 0 bridgehead atoms. The quantitative estimate of drug-likeness (QED) is 0.647. The van der Waals surface area contributed by atoms with Gasteiger partial charge in [-0.3, -0.25) is 4.98 Å². The van der Waals surface area contributed by atoms with Crippen LogP contribution in [0, 0.1) is 0 Å². The molecule has 0 saturated heterocycles. The van der Waals surface area contributed by atoms with Gasteiger partial charge in [0.25, 0.3) is 0 Å². The van der Waals surface area contributed by atoms with Crippen LogP contribution in [0.25, 0.3) is 22.4 Å². The molecular weight excluding hydrogens is 314 g/mol. The highest BCUT2D eigenvalue weighted by atomic mass is 16.5. The lowest BCUT2D eigenvalue weighted by Gasteiger charge is -2.13. The largest absolute Gasteiger partial charge is 0.497 e. The van der Waals surface area contributed by atoms with Crippen LogP contribution >= 0.6 is 0 Å². The van der Waals surface area contributed by atoms with Crippen molar-refractivity contribution in [1.29, 1.82) is 0 Å². The van der Waals surface area contributed by atoms with Gasteiger partial charge in [0, 0.05) is 11.1 Å². The molecule has 0 aliphatic heterocycles. The molecule has 3 aromatic rings. The van der Waals surface area contributed by atoms with E-state index in [2.05, 4.69) is 4.98 Å². The van der Waals surface area contributed by atoms with Crippen molar-refractivity contribution in [3.63, 3.8) is 0 Å². The summed E-state index contributed by atoms with van der Waals surface area (Å²) in [6, 6.07) is 17.9. The van der Waals surface area contributed by atoms with Gasteiger partial charge in [-0.2, -0.15) is 0 Å². The van der Waals surface area contributed by atoms with Crippen LogP contribution in [0.15, 0.2) is 60.8 Å². The smallest absolute Gasteiger partial charge is 0.138 e. The molecular formula is C21H21NO3. The van der Waals surface area contributed by atoms with Gasteiger partial charge in [-0.1, -0.05) is 12.1 Å². The first kappa shape index (κ1) is 16.8. The zero-order valence-corrected chi connectivity index (χ0v) is 14.7. The molecule has 0 unspecified atom stereocenters. The number of pyridine rings is 1. The number of nitrogens with zero attached hydrogens (tertiary/aromatic N) is 1. The van der Waals surface area contributed by atoms with Crippen molar-refractivity contribution in [2.24, 2.45) is 0 Å². The molecule has 0 aliphatic rings. The van der Waals surface area contributed by atoms with Crippen molar-refractivity contribution in [3.05, 3.63) is 60.8 Å². The number of hydrogen-bond acceptors (Lipinski definition) is 4. The second-order valence-corrected chi connectivity index (χ2v) is 5.46. The number of benzene rings is 2. The van der Waals surface area contributed by atoms with Gasteiger partial charge in [0.15, 0.2) is 0 Å². The van der Waals surface area contributed by atoms with Gasteiger partial charge in [-0.25, -0.2) is 0 Å². The number of rotatable bonds is 6. The summed E-state index contributed by atoms with van der Waals surface area (Å²) in [6.45, 7) is 2.57. The summed E-state index contributed by atoms with van der Waals surface area (Å²) in [6.07, 6.45) is 1.76. The third kappa shape index (κ3) is 3.74. The molecule has 2 aromatic carbocycles. The van der Waals surface area contributed by atoms with Crippen LogP contribution in [0.4, 0.5) is 0 Å². The molecule has 0 radical (unpaired) electrons. The third-order valence-corrected chi connectivity index (χ3v) is 3.94. The van der Waals surface area contributed by atoms with Gasteiger partial charge in [0.1, 0.15) is 17.2 Å². The lowest BCUT2D eigenvalue weighted by atomic mass is 9.99. The first-order valence-electron chi connectivity index (χ1n) is 8.17. The van der Waals surface area contributed by atoms with Gasteiger partial charge in [-0.15, -0.1) is 0 Å². The highest BCUT2D eigenvalue weighted by Crippen LogP contribution is 2.34. The van der Waals surface area contributed by atoms with Crippen molar-refractivity contribution in [1.82, 2.24) is 4.98 Å². The van der Waals surface area contributed by atoms with Crippen molar-refractivity contribution in [2.45, 2.75) is 6.92 Å². The zero-order valence-electron chi connectivity index (χ0n) is 14.7. The van der Waals surface area contributed by atoms with Crippen LogP contribution in [0.5, 0.6) is 17.2 Å². The molecule has 3 rings (SSSR count). The van der Waals surface area contributed by atoms with E-state index in [4.69, 9.17) is 14.2 Å². The molecule has 1 aromatic heterocycles. The van der Waals surface area contributed by atoms with Crippen LogP contribution in [-0.4, -0.2) is 25.8 Å². The third-order valence-electron chi connectivity index (χ3n) is 3.94. The lowest BCUT2D eigenvalue weighted by molar-refractivity contribution is 0.339. The SMILES string of the molecule is CCOc1cnc(-c2ccc(OC)cc2)c(-c2ccc(OC)cc2)c1. The minimum absolute atomic E-state index is 0.603. The average Bonchev–Trinajstić information content (AvgIpc) is 2.68. The normalized spacial score (nSPS) is 10.4. The fourth-order valence-electron chi connectivity index (χ4n) is 2.66. The lowest BCUT2D eigenvalue weighted by Crippen LogP contribution is -1.96. The van der Waals surface area contributed by atoms with Crippen molar-refractivity contribution in [3.8, 4) is 39.6 Å². The van der Waals surface area contributed by atoms with Crippen molar-refractivity contribution < 1.29 is 14.2 Å². The van der Waals surface area contributed by atoms with E-state index in [9.17, 15) is 0 Å². The van der Waals surface area contributed by atoms with Gasteiger partial charge >= 0.3 is 0 Å². The average molecular weight is 335 g/mol. The first-order chi connectivity index (χ1) is 12.2. The molecule has 0 N–H and O–H groups in total. The van der Waals surface area contributed by atoms with Gasteiger partial charge in [-0.05, 0) is 55.0 Å². The van der Waals surface area contributed by atoms with Crippen molar-refractivity contribution in [2.75, 3.05) is 20.8 Å². The number of methoxy groups -OCH3 is 2. The summed E-state index contributed by atoms with van der Waals surface area (Å²) < 4.78 is 16.1. The van der Waals surface area contributed by atoms with Gasteiger partial charge in [0.2, 0.25) is 0 Å². The molecule has 0 amide bonds. The molecule has 0 aliphatic carbocycles. The van der Waals surface area contributed by atoms with E-state index in [0.29, 0.717) is 6.61 Å². The molecule has 0 atom stereocenters. The maximum Gasteiger partial charge on any atom is 0.138 e. The summed E-state index contributed by atoms with van der Waals surface area (Å²) in [5.41, 5.74) is 3.99. The Bertz CT molecular complexity index is 827. The fourth-order valence-corrected chi connectivity index (χ4v) is 2.66. The molecule has 0 spiro atoms. The van der Waals surface area contributed by atoms with Crippen LogP contribution in [0.1, 0.15) is 6.92 Å². The van der Waals surface area contributed by atoms with Crippen LogP contribution in [0.2, 0.25) is 0 Å². The maximum absolute atomic E-state index is 5.63. The van der Waals surface area contributed by atoms with E-state index in [1.807, 2.05) is 61.5 Å². The Kier molecular flexibility index (Phi) is 5.19. The monoisotopic (exact) mass is 335 g/mol. The Hall–Kier alpha value is -3.01. The topological polar surface area (TPSA) is 40.6 Å². The molecule has 4 nitrogen and oxygen atoms in total. The predicted molar refractivity (Wildman–Crippen MR) is 99.4 cm³/mol.